The predicted octanol–water partition coefficient (Wildman–Crippen LogP) is 0.871. The standard InChI is InChI=1S/C14H22N4O3/c1-3-12(13(15)16-20)17-5-7-18(8-6-17)14(19)11-4-9-21-10(11)2/h4,9,12,20H,3,5-8H2,1-2H3,(H2,15,16). The number of furan rings is 1. The lowest BCUT2D eigenvalue weighted by molar-refractivity contribution is 0.0607. The number of carbonyl (C=O) groups is 1. The number of aryl methyl sites for hydroxylation is 1. The molecule has 7 nitrogen and oxygen atoms in total. The highest BCUT2D eigenvalue weighted by Crippen LogP contribution is 2.15. The molecular weight excluding hydrogens is 272 g/mol. The molecule has 1 fully saturated rings. The van der Waals surface area contributed by atoms with Gasteiger partial charge in [0.2, 0.25) is 0 Å². The van der Waals surface area contributed by atoms with Gasteiger partial charge in [0.1, 0.15) is 5.76 Å². The summed E-state index contributed by atoms with van der Waals surface area (Å²) in [5.41, 5.74) is 6.33. The minimum absolute atomic E-state index is 0.00209. The number of carbonyl (C=O) groups excluding carboxylic acids is 1. The fourth-order valence-electron chi connectivity index (χ4n) is 2.73. The zero-order valence-electron chi connectivity index (χ0n) is 12.5. The van der Waals surface area contributed by atoms with Crippen LogP contribution in [0, 0.1) is 6.92 Å². The van der Waals surface area contributed by atoms with Crippen LogP contribution < -0.4 is 5.73 Å². The summed E-state index contributed by atoms with van der Waals surface area (Å²) in [5.74, 6) is 0.867. The summed E-state index contributed by atoms with van der Waals surface area (Å²) in [6.07, 6.45) is 2.30. The molecule has 2 heterocycles. The van der Waals surface area contributed by atoms with Crippen LogP contribution in [-0.4, -0.2) is 59.0 Å². The molecule has 1 unspecified atom stereocenters. The monoisotopic (exact) mass is 294 g/mol. The minimum Gasteiger partial charge on any atom is -0.469 e. The summed E-state index contributed by atoms with van der Waals surface area (Å²) < 4.78 is 5.18. The van der Waals surface area contributed by atoms with E-state index in [1.54, 1.807) is 13.0 Å². The molecule has 0 spiro atoms. The highest BCUT2D eigenvalue weighted by Gasteiger charge is 2.28. The van der Waals surface area contributed by atoms with Crippen molar-refractivity contribution in [1.82, 2.24) is 9.80 Å². The van der Waals surface area contributed by atoms with Gasteiger partial charge in [-0.25, -0.2) is 0 Å². The van der Waals surface area contributed by atoms with Crippen molar-refractivity contribution in [2.75, 3.05) is 26.2 Å². The van der Waals surface area contributed by atoms with E-state index < -0.39 is 0 Å². The van der Waals surface area contributed by atoms with Crippen LogP contribution in [0.3, 0.4) is 0 Å². The largest absolute Gasteiger partial charge is 0.469 e. The van der Waals surface area contributed by atoms with Crippen molar-refractivity contribution in [3.05, 3.63) is 23.7 Å². The molecule has 1 aromatic rings. The lowest BCUT2D eigenvalue weighted by Crippen LogP contribution is -2.55. The van der Waals surface area contributed by atoms with Gasteiger partial charge in [-0.2, -0.15) is 0 Å². The molecule has 116 valence electrons. The van der Waals surface area contributed by atoms with Gasteiger partial charge in [0.05, 0.1) is 17.9 Å². The van der Waals surface area contributed by atoms with Gasteiger partial charge in [0.15, 0.2) is 5.84 Å². The van der Waals surface area contributed by atoms with Gasteiger partial charge in [0, 0.05) is 26.2 Å². The number of piperazine rings is 1. The first-order valence-electron chi connectivity index (χ1n) is 7.13. The van der Waals surface area contributed by atoms with Crippen LogP contribution in [0.25, 0.3) is 0 Å². The molecule has 1 aliphatic heterocycles. The van der Waals surface area contributed by atoms with Gasteiger partial charge in [-0.05, 0) is 19.4 Å². The number of nitrogens with zero attached hydrogens (tertiary/aromatic N) is 3. The Morgan fingerprint density at radius 2 is 2.14 bits per heavy atom. The lowest BCUT2D eigenvalue weighted by Gasteiger charge is -2.38. The Labute approximate surface area is 124 Å². The topological polar surface area (TPSA) is 95.3 Å². The molecule has 1 aromatic heterocycles. The lowest BCUT2D eigenvalue weighted by atomic mass is 10.1. The number of nitrogens with two attached hydrogens (primary N) is 1. The molecular formula is C14H22N4O3. The molecule has 21 heavy (non-hydrogen) atoms. The summed E-state index contributed by atoms with van der Waals surface area (Å²) in [5, 5.41) is 11.9. The van der Waals surface area contributed by atoms with Crippen LogP contribution in [0.4, 0.5) is 0 Å². The van der Waals surface area contributed by atoms with Gasteiger partial charge in [-0.15, -0.1) is 0 Å². The highest BCUT2D eigenvalue weighted by molar-refractivity contribution is 5.95. The van der Waals surface area contributed by atoms with Crippen molar-refractivity contribution in [1.29, 1.82) is 0 Å². The molecule has 0 saturated carbocycles. The zero-order chi connectivity index (χ0) is 15.4. The number of rotatable bonds is 4. The smallest absolute Gasteiger partial charge is 0.257 e. The van der Waals surface area contributed by atoms with E-state index in [9.17, 15) is 4.79 Å². The Hall–Kier alpha value is -2.02. The molecule has 0 aliphatic carbocycles. The van der Waals surface area contributed by atoms with Crippen molar-refractivity contribution in [2.45, 2.75) is 26.3 Å². The van der Waals surface area contributed by atoms with E-state index in [-0.39, 0.29) is 17.8 Å². The Bertz CT molecular complexity index is 518. The zero-order valence-corrected chi connectivity index (χ0v) is 12.5. The van der Waals surface area contributed by atoms with Crippen molar-refractivity contribution in [3.8, 4) is 0 Å². The first-order chi connectivity index (χ1) is 10.1. The average molecular weight is 294 g/mol. The maximum Gasteiger partial charge on any atom is 0.257 e. The van der Waals surface area contributed by atoms with Crippen molar-refractivity contribution < 1.29 is 14.4 Å². The summed E-state index contributed by atoms with van der Waals surface area (Å²) in [4.78, 5) is 16.3. The van der Waals surface area contributed by atoms with E-state index in [1.807, 2.05) is 11.8 Å². The third-order valence-electron chi connectivity index (χ3n) is 3.98. The average Bonchev–Trinajstić information content (AvgIpc) is 2.94. The van der Waals surface area contributed by atoms with Crippen LogP contribution in [-0.2, 0) is 0 Å². The Morgan fingerprint density at radius 1 is 1.48 bits per heavy atom. The van der Waals surface area contributed by atoms with Crippen molar-refractivity contribution >= 4 is 11.7 Å². The summed E-state index contributed by atoms with van der Waals surface area (Å²) in [6, 6.07) is 1.62. The molecule has 2 rings (SSSR count). The van der Waals surface area contributed by atoms with E-state index in [0.717, 1.165) is 6.42 Å². The second-order valence-corrected chi connectivity index (χ2v) is 5.17. The number of hydrogen-bond acceptors (Lipinski definition) is 5. The van der Waals surface area contributed by atoms with Crippen molar-refractivity contribution in [2.24, 2.45) is 10.9 Å². The van der Waals surface area contributed by atoms with Crippen molar-refractivity contribution in [3.63, 3.8) is 0 Å². The Morgan fingerprint density at radius 3 is 2.62 bits per heavy atom. The molecule has 1 saturated heterocycles. The van der Waals surface area contributed by atoms with Crippen LogP contribution in [0.15, 0.2) is 21.9 Å². The minimum atomic E-state index is -0.0806. The maximum absolute atomic E-state index is 12.4. The first kappa shape index (κ1) is 15.4. The van der Waals surface area contributed by atoms with Gasteiger partial charge >= 0.3 is 0 Å². The predicted molar refractivity (Wildman–Crippen MR) is 78.4 cm³/mol. The number of hydrogen-bond donors (Lipinski definition) is 2. The molecule has 0 aromatic carbocycles. The molecule has 0 bridgehead atoms. The van der Waals surface area contributed by atoms with Gasteiger partial charge < -0.3 is 20.3 Å². The van der Waals surface area contributed by atoms with E-state index in [4.69, 9.17) is 15.4 Å². The van der Waals surface area contributed by atoms with Gasteiger partial charge in [-0.1, -0.05) is 12.1 Å². The molecule has 7 heteroatoms. The third-order valence-corrected chi connectivity index (χ3v) is 3.98. The number of oxime groups is 1. The van der Waals surface area contributed by atoms with Crippen LogP contribution >= 0.6 is 0 Å². The van der Waals surface area contributed by atoms with E-state index >= 15 is 0 Å². The van der Waals surface area contributed by atoms with Gasteiger partial charge in [0.25, 0.3) is 5.91 Å². The third kappa shape index (κ3) is 3.18. The fourth-order valence-corrected chi connectivity index (χ4v) is 2.73. The molecule has 3 N–H and O–H groups in total. The maximum atomic E-state index is 12.4. The number of amides is 1. The molecule has 0 radical (unpaired) electrons. The summed E-state index contributed by atoms with van der Waals surface area (Å²) in [6.45, 7) is 6.44. The van der Waals surface area contributed by atoms with Crippen LogP contribution in [0.5, 0.6) is 0 Å². The SMILES string of the molecule is CCC(C(N)=NO)N1CCN(C(=O)c2ccoc2C)CC1. The highest BCUT2D eigenvalue weighted by atomic mass is 16.4. The number of amidine groups is 1. The second-order valence-electron chi connectivity index (χ2n) is 5.17. The van der Waals surface area contributed by atoms with E-state index in [2.05, 4.69) is 10.1 Å². The first-order valence-corrected chi connectivity index (χ1v) is 7.13. The summed E-state index contributed by atoms with van der Waals surface area (Å²) >= 11 is 0. The fraction of sp³-hybridized carbons (Fsp3) is 0.571. The van der Waals surface area contributed by atoms with E-state index in [1.165, 1.54) is 6.26 Å². The second kappa shape index (κ2) is 6.62. The quantitative estimate of drug-likeness (QED) is 0.372. The summed E-state index contributed by atoms with van der Waals surface area (Å²) in [7, 11) is 0. The molecule has 1 aliphatic rings. The van der Waals surface area contributed by atoms with Crippen LogP contribution in [0.2, 0.25) is 0 Å². The molecule has 1 atom stereocenters. The Balaban J connectivity index is 1.97. The normalized spacial score (nSPS) is 18.8. The van der Waals surface area contributed by atoms with E-state index in [0.29, 0.717) is 37.5 Å². The molecule has 1 amide bonds. The van der Waals surface area contributed by atoms with Gasteiger partial charge in [-0.3, -0.25) is 9.69 Å². The Kier molecular flexibility index (Phi) is 4.85. The van der Waals surface area contributed by atoms with Crippen LogP contribution in [0.1, 0.15) is 29.5 Å².